The van der Waals surface area contributed by atoms with Gasteiger partial charge in [0.15, 0.2) is 23.1 Å². The van der Waals surface area contributed by atoms with Gasteiger partial charge in [0.05, 0.1) is 23.3 Å². The molecular formula is C24H19ClF2N8O2. The maximum atomic E-state index is 14.5. The Bertz CT molecular complexity index is 1480. The molecular weight excluding hydrogens is 506 g/mol. The van der Waals surface area contributed by atoms with E-state index in [2.05, 4.69) is 30.5 Å². The van der Waals surface area contributed by atoms with Crippen molar-refractivity contribution < 1.29 is 18.4 Å². The topological polar surface area (TPSA) is 120 Å². The van der Waals surface area contributed by atoms with Gasteiger partial charge in [-0.25, -0.2) is 13.8 Å². The third-order valence-corrected chi connectivity index (χ3v) is 6.36. The summed E-state index contributed by atoms with van der Waals surface area (Å²) < 4.78 is 29.4. The highest BCUT2D eigenvalue weighted by Crippen LogP contribution is 2.29. The van der Waals surface area contributed by atoms with Crippen LogP contribution in [0.5, 0.6) is 0 Å². The van der Waals surface area contributed by atoms with Crippen molar-refractivity contribution in [3.63, 3.8) is 0 Å². The Morgan fingerprint density at radius 1 is 1.08 bits per heavy atom. The third kappa shape index (κ3) is 5.05. The molecule has 0 atom stereocenters. The quantitative estimate of drug-likeness (QED) is 0.212. The fourth-order valence-corrected chi connectivity index (χ4v) is 4.27. The summed E-state index contributed by atoms with van der Waals surface area (Å²) in [5.74, 6) is -1.98. The molecule has 4 aromatic rings. The molecule has 5 rings (SSSR count). The van der Waals surface area contributed by atoms with E-state index in [0.29, 0.717) is 30.0 Å². The summed E-state index contributed by atoms with van der Waals surface area (Å²) >= 11 is 6.05. The number of ketones is 1. The average Bonchev–Trinajstić information content (AvgIpc) is 3.28. The Balaban J connectivity index is 1.44. The van der Waals surface area contributed by atoms with Gasteiger partial charge in [-0.05, 0) is 54.0 Å². The van der Waals surface area contributed by atoms with E-state index in [1.54, 1.807) is 23.2 Å². The van der Waals surface area contributed by atoms with Gasteiger partial charge < -0.3 is 4.90 Å². The van der Waals surface area contributed by atoms with Crippen LogP contribution in [0.3, 0.4) is 0 Å². The zero-order valence-electron chi connectivity index (χ0n) is 19.3. The fourth-order valence-electron chi connectivity index (χ4n) is 4.05. The number of aryl methyl sites for hydroxylation is 1. The van der Waals surface area contributed by atoms with Crippen LogP contribution in [0, 0.1) is 11.6 Å². The second kappa shape index (κ2) is 10.4. The lowest BCUT2D eigenvalue weighted by atomic mass is 10.1. The van der Waals surface area contributed by atoms with Gasteiger partial charge in [0.25, 0.3) is 0 Å². The van der Waals surface area contributed by atoms with Crippen molar-refractivity contribution in [2.75, 3.05) is 11.4 Å². The largest absolute Gasteiger partial charge is 0.351 e. The number of carbonyl (C=O) groups excluding carboxylic acids is 2. The summed E-state index contributed by atoms with van der Waals surface area (Å²) in [6.07, 6.45) is 6.20. The summed E-state index contributed by atoms with van der Waals surface area (Å²) in [6.45, 7) is 0.416. The zero-order chi connectivity index (χ0) is 25.9. The molecule has 188 valence electrons. The number of hydrogen-bond acceptors (Lipinski definition) is 9. The lowest BCUT2D eigenvalue weighted by molar-refractivity contribution is 0.0930. The molecule has 0 fully saturated rings. The van der Waals surface area contributed by atoms with Crippen LogP contribution < -0.4 is 4.90 Å². The SMILES string of the molecule is O=C(Cc1nnnn1C(=O)c1cnc2c(n1)N(Cc1c(F)ccc(F)c1Cl)CCCC2)c1cccnc1. The molecule has 0 radical (unpaired) electrons. The van der Waals surface area contributed by atoms with Crippen LogP contribution in [0.2, 0.25) is 5.02 Å². The molecule has 1 aromatic carbocycles. The summed E-state index contributed by atoms with van der Waals surface area (Å²) in [5.41, 5.74) is 0.891. The number of pyridine rings is 1. The average molecular weight is 525 g/mol. The van der Waals surface area contributed by atoms with Gasteiger partial charge in [0.2, 0.25) is 0 Å². The molecule has 0 bridgehead atoms. The van der Waals surface area contributed by atoms with Gasteiger partial charge in [-0.15, -0.1) is 5.10 Å². The molecule has 0 amide bonds. The van der Waals surface area contributed by atoms with Crippen LogP contribution in [0.1, 0.15) is 50.8 Å². The van der Waals surface area contributed by atoms with Crippen molar-refractivity contribution in [3.8, 4) is 0 Å². The maximum Gasteiger partial charge on any atom is 0.301 e. The maximum absolute atomic E-state index is 14.5. The van der Waals surface area contributed by atoms with E-state index in [9.17, 15) is 18.4 Å². The Kier molecular flexibility index (Phi) is 6.91. The van der Waals surface area contributed by atoms with E-state index in [4.69, 9.17) is 11.6 Å². The highest BCUT2D eigenvalue weighted by molar-refractivity contribution is 6.31. The van der Waals surface area contributed by atoms with Crippen molar-refractivity contribution in [3.05, 3.63) is 87.9 Å². The first-order valence-electron chi connectivity index (χ1n) is 11.4. The zero-order valence-corrected chi connectivity index (χ0v) is 20.1. The number of aromatic nitrogens is 7. The number of benzene rings is 1. The molecule has 0 spiro atoms. The van der Waals surface area contributed by atoms with Crippen molar-refractivity contribution in [2.24, 2.45) is 0 Å². The minimum atomic E-state index is -0.727. The molecule has 1 aliphatic rings. The van der Waals surface area contributed by atoms with E-state index in [0.717, 1.165) is 29.7 Å². The van der Waals surface area contributed by atoms with Crippen LogP contribution in [0.4, 0.5) is 14.6 Å². The van der Waals surface area contributed by atoms with Gasteiger partial charge in [0, 0.05) is 36.6 Å². The Labute approximate surface area is 214 Å². The number of anilines is 1. The minimum Gasteiger partial charge on any atom is -0.351 e. The normalized spacial score (nSPS) is 13.2. The van der Waals surface area contributed by atoms with Crippen molar-refractivity contribution in [1.82, 2.24) is 35.2 Å². The number of hydrogen-bond donors (Lipinski definition) is 0. The number of tetrazole rings is 1. The van der Waals surface area contributed by atoms with Gasteiger partial charge in [-0.2, -0.15) is 4.68 Å². The van der Waals surface area contributed by atoms with Gasteiger partial charge in [-0.3, -0.25) is 19.6 Å². The number of Topliss-reactive ketones (excluding diaryl/α,β-unsaturated/α-hetero) is 1. The second-order valence-electron chi connectivity index (χ2n) is 8.38. The minimum absolute atomic E-state index is 0.00952. The first kappa shape index (κ1) is 24.5. The molecule has 4 heterocycles. The smallest absolute Gasteiger partial charge is 0.301 e. The second-order valence-corrected chi connectivity index (χ2v) is 8.76. The Morgan fingerprint density at radius 3 is 2.73 bits per heavy atom. The standard InChI is InChI=1S/C24H19ClF2N8O2/c25-22-15(16(26)6-7-17(22)27)13-34-9-2-1-5-18-23(34)30-19(12-29-18)24(37)35-21(31-32-33-35)10-20(36)14-4-3-8-28-11-14/h3-4,6-8,11-12H,1-2,5,9-10,13H2. The number of carbonyl (C=O) groups is 2. The van der Waals surface area contributed by atoms with E-state index in [-0.39, 0.29) is 40.9 Å². The van der Waals surface area contributed by atoms with E-state index in [1.807, 2.05) is 0 Å². The van der Waals surface area contributed by atoms with Gasteiger partial charge >= 0.3 is 5.91 Å². The van der Waals surface area contributed by atoms with Crippen LogP contribution in [0.15, 0.2) is 42.9 Å². The predicted molar refractivity (Wildman–Crippen MR) is 127 cm³/mol. The number of nitrogens with zero attached hydrogens (tertiary/aromatic N) is 8. The summed E-state index contributed by atoms with van der Waals surface area (Å²) in [6, 6.07) is 5.22. The lowest BCUT2D eigenvalue weighted by Gasteiger charge is -2.24. The summed E-state index contributed by atoms with van der Waals surface area (Å²) in [5, 5.41) is 10.8. The molecule has 0 saturated heterocycles. The van der Waals surface area contributed by atoms with E-state index in [1.165, 1.54) is 12.4 Å². The van der Waals surface area contributed by atoms with Crippen LogP contribution >= 0.6 is 11.6 Å². The number of fused-ring (bicyclic) bond motifs is 1. The lowest BCUT2D eigenvalue weighted by Crippen LogP contribution is -2.27. The molecule has 3 aromatic heterocycles. The summed E-state index contributed by atoms with van der Waals surface area (Å²) in [7, 11) is 0. The van der Waals surface area contributed by atoms with E-state index < -0.39 is 17.5 Å². The third-order valence-electron chi connectivity index (χ3n) is 5.95. The molecule has 0 aliphatic carbocycles. The monoisotopic (exact) mass is 524 g/mol. The molecule has 37 heavy (non-hydrogen) atoms. The van der Waals surface area contributed by atoms with Crippen molar-refractivity contribution in [2.45, 2.75) is 32.2 Å². The first-order chi connectivity index (χ1) is 17.9. The molecule has 0 saturated carbocycles. The highest BCUT2D eigenvalue weighted by Gasteiger charge is 2.26. The van der Waals surface area contributed by atoms with Gasteiger partial charge in [-0.1, -0.05) is 11.6 Å². The Hall–Kier alpha value is -4.19. The van der Waals surface area contributed by atoms with Gasteiger partial charge in [0.1, 0.15) is 11.6 Å². The van der Waals surface area contributed by atoms with Crippen molar-refractivity contribution in [1.29, 1.82) is 0 Å². The highest BCUT2D eigenvalue weighted by atomic mass is 35.5. The predicted octanol–water partition coefficient (Wildman–Crippen LogP) is 3.25. The van der Waals surface area contributed by atoms with Crippen LogP contribution in [0.25, 0.3) is 0 Å². The fraction of sp³-hybridized carbons (Fsp3) is 0.250. The van der Waals surface area contributed by atoms with Crippen LogP contribution in [-0.2, 0) is 19.4 Å². The first-order valence-corrected chi connectivity index (χ1v) is 11.8. The number of halogens is 3. The summed E-state index contributed by atoms with van der Waals surface area (Å²) in [4.78, 5) is 40.4. The molecule has 10 nitrogen and oxygen atoms in total. The van der Waals surface area contributed by atoms with E-state index >= 15 is 0 Å². The molecule has 1 aliphatic heterocycles. The van der Waals surface area contributed by atoms with Crippen molar-refractivity contribution >= 4 is 29.1 Å². The molecule has 13 heteroatoms. The van der Waals surface area contributed by atoms with Crippen LogP contribution in [-0.4, -0.2) is 53.4 Å². The molecule has 0 unspecified atom stereocenters. The number of rotatable bonds is 6. The Morgan fingerprint density at radius 2 is 1.92 bits per heavy atom. The molecule has 0 N–H and O–H groups in total.